The summed E-state index contributed by atoms with van der Waals surface area (Å²) in [5, 5.41) is 20.1. The number of aromatic nitrogens is 4. The van der Waals surface area contributed by atoms with Crippen molar-refractivity contribution in [1.82, 2.24) is 20.0 Å². The Morgan fingerprint density at radius 2 is 2.32 bits per heavy atom. The zero-order valence-corrected chi connectivity index (χ0v) is 10.8. The van der Waals surface area contributed by atoms with Gasteiger partial charge in [0.1, 0.15) is 22.1 Å². The van der Waals surface area contributed by atoms with Gasteiger partial charge in [0.15, 0.2) is 0 Å². The fourth-order valence-corrected chi connectivity index (χ4v) is 2.66. The largest absolute Gasteiger partial charge is 0.478 e. The van der Waals surface area contributed by atoms with Crippen molar-refractivity contribution in [2.75, 3.05) is 0 Å². The lowest BCUT2D eigenvalue weighted by Gasteiger charge is -2.10. The smallest absolute Gasteiger partial charge is 0.337 e. The highest BCUT2D eigenvalue weighted by Crippen LogP contribution is 2.25. The summed E-state index contributed by atoms with van der Waals surface area (Å²) in [6.07, 6.45) is 1.72. The Morgan fingerprint density at radius 1 is 1.47 bits per heavy atom. The average Bonchev–Trinajstić information content (AvgIpc) is 3.06. The number of fused-ring (bicyclic) bond motifs is 1. The van der Waals surface area contributed by atoms with Crippen molar-refractivity contribution in [2.45, 2.75) is 13.0 Å². The van der Waals surface area contributed by atoms with Gasteiger partial charge in [-0.2, -0.15) is 0 Å². The van der Waals surface area contributed by atoms with Crippen molar-refractivity contribution in [1.29, 1.82) is 0 Å². The zero-order valence-electron chi connectivity index (χ0n) is 10.0. The van der Waals surface area contributed by atoms with E-state index in [4.69, 9.17) is 0 Å². The normalized spacial score (nSPS) is 12.7. The van der Waals surface area contributed by atoms with E-state index in [2.05, 4.69) is 15.3 Å². The van der Waals surface area contributed by atoms with Crippen LogP contribution in [0.4, 0.5) is 0 Å². The van der Waals surface area contributed by atoms with Crippen LogP contribution in [0, 0.1) is 0 Å². The third-order valence-corrected chi connectivity index (χ3v) is 3.84. The lowest BCUT2D eigenvalue weighted by Crippen LogP contribution is -2.10. The molecule has 0 aliphatic rings. The van der Waals surface area contributed by atoms with E-state index in [1.165, 1.54) is 11.3 Å². The molecule has 0 saturated carbocycles. The lowest BCUT2D eigenvalue weighted by atomic mass is 10.1. The number of carboxylic acid groups (broad SMARTS) is 1. The van der Waals surface area contributed by atoms with Gasteiger partial charge in [-0.15, -0.1) is 16.4 Å². The van der Waals surface area contributed by atoms with Crippen molar-refractivity contribution < 1.29 is 9.90 Å². The quantitative estimate of drug-likeness (QED) is 0.791. The molecule has 0 aliphatic heterocycles. The van der Waals surface area contributed by atoms with Gasteiger partial charge in [-0.25, -0.2) is 14.5 Å². The molecule has 1 aromatic carbocycles. The lowest BCUT2D eigenvalue weighted by molar-refractivity contribution is 0.0698. The maximum atomic E-state index is 11.3. The summed E-state index contributed by atoms with van der Waals surface area (Å²) in [5.74, 6) is -0.986. The fourth-order valence-electron chi connectivity index (χ4n) is 1.98. The van der Waals surface area contributed by atoms with Gasteiger partial charge in [0.2, 0.25) is 0 Å². The van der Waals surface area contributed by atoms with Crippen LogP contribution in [-0.4, -0.2) is 31.1 Å². The van der Waals surface area contributed by atoms with Gasteiger partial charge in [-0.1, -0.05) is 11.3 Å². The Labute approximate surface area is 112 Å². The monoisotopic (exact) mass is 274 g/mol. The van der Waals surface area contributed by atoms with E-state index in [1.54, 1.807) is 29.1 Å². The molecule has 96 valence electrons. The predicted octanol–water partition coefficient (Wildman–Crippen LogP) is 2.20. The van der Waals surface area contributed by atoms with Crippen LogP contribution in [0.15, 0.2) is 29.8 Å². The van der Waals surface area contributed by atoms with Crippen LogP contribution in [0.2, 0.25) is 0 Å². The van der Waals surface area contributed by atoms with Gasteiger partial charge in [-0.3, -0.25) is 0 Å². The highest BCUT2D eigenvalue weighted by atomic mass is 32.1. The number of hydrogen-bond donors (Lipinski definition) is 1. The van der Waals surface area contributed by atoms with Crippen LogP contribution in [0.25, 0.3) is 11.0 Å². The molecule has 0 radical (unpaired) electrons. The highest BCUT2D eigenvalue weighted by Gasteiger charge is 2.20. The van der Waals surface area contributed by atoms with Gasteiger partial charge in [0.05, 0.1) is 5.56 Å². The molecule has 1 N–H and O–H groups in total. The highest BCUT2D eigenvalue weighted by molar-refractivity contribution is 7.09. The maximum absolute atomic E-state index is 11.3. The van der Waals surface area contributed by atoms with E-state index >= 15 is 0 Å². The Bertz CT molecular complexity index is 735. The standard InChI is InChI=1S/C12H10N4O2S/c1-7(11-13-5-6-19-11)16-10-8(12(17)18)3-2-4-9(10)14-15-16/h2-7H,1H3,(H,17,18). The summed E-state index contributed by atoms with van der Waals surface area (Å²) >= 11 is 1.50. The number of nitrogens with zero attached hydrogens (tertiary/aromatic N) is 4. The van der Waals surface area contributed by atoms with Crippen molar-refractivity contribution in [3.8, 4) is 0 Å². The van der Waals surface area contributed by atoms with Crippen LogP contribution in [0.3, 0.4) is 0 Å². The third kappa shape index (κ3) is 1.88. The minimum Gasteiger partial charge on any atom is -0.478 e. The molecule has 2 heterocycles. The molecule has 1 unspecified atom stereocenters. The van der Waals surface area contributed by atoms with E-state index in [-0.39, 0.29) is 11.6 Å². The number of carbonyl (C=O) groups is 1. The number of para-hydroxylation sites is 1. The third-order valence-electron chi connectivity index (χ3n) is 2.90. The molecule has 7 heteroatoms. The van der Waals surface area contributed by atoms with E-state index in [0.717, 1.165) is 5.01 Å². The molecule has 2 aromatic heterocycles. The molecule has 0 fully saturated rings. The second kappa shape index (κ2) is 4.43. The number of benzene rings is 1. The summed E-state index contributed by atoms with van der Waals surface area (Å²) in [5.41, 5.74) is 1.30. The van der Waals surface area contributed by atoms with Crippen molar-refractivity contribution in [2.24, 2.45) is 0 Å². The average molecular weight is 274 g/mol. The Hall–Kier alpha value is -2.28. The minimum absolute atomic E-state index is 0.148. The molecular weight excluding hydrogens is 264 g/mol. The molecule has 1 atom stereocenters. The van der Waals surface area contributed by atoms with Gasteiger partial charge in [-0.05, 0) is 19.1 Å². The van der Waals surface area contributed by atoms with Crippen LogP contribution < -0.4 is 0 Å². The SMILES string of the molecule is CC(c1nccs1)n1nnc2cccc(C(=O)O)c21. The summed E-state index contributed by atoms with van der Waals surface area (Å²) in [6.45, 7) is 1.92. The first-order chi connectivity index (χ1) is 9.18. The van der Waals surface area contributed by atoms with Crippen molar-refractivity contribution in [3.63, 3.8) is 0 Å². The first kappa shape index (κ1) is 11.8. The van der Waals surface area contributed by atoms with Gasteiger partial charge in [0, 0.05) is 11.6 Å². The molecule has 0 saturated heterocycles. The second-order valence-corrected chi connectivity index (χ2v) is 4.98. The predicted molar refractivity (Wildman–Crippen MR) is 70.4 cm³/mol. The molecular formula is C12H10N4O2S. The van der Waals surface area contributed by atoms with Crippen LogP contribution in [-0.2, 0) is 0 Å². The molecule has 0 amide bonds. The van der Waals surface area contributed by atoms with Gasteiger partial charge >= 0.3 is 5.97 Å². The van der Waals surface area contributed by atoms with E-state index in [9.17, 15) is 9.90 Å². The Balaban J connectivity index is 2.22. The van der Waals surface area contributed by atoms with E-state index in [1.807, 2.05) is 12.3 Å². The summed E-state index contributed by atoms with van der Waals surface area (Å²) in [7, 11) is 0. The molecule has 0 aliphatic carbocycles. The molecule has 19 heavy (non-hydrogen) atoms. The molecule has 3 aromatic rings. The maximum Gasteiger partial charge on any atom is 0.337 e. The summed E-state index contributed by atoms with van der Waals surface area (Å²) < 4.78 is 1.61. The number of hydrogen-bond acceptors (Lipinski definition) is 5. The van der Waals surface area contributed by atoms with Crippen LogP contribution in [0.1, 0.15) is 28.3 Å². The topological polar surface area (TPSA) is 80.9 Å². The number of rotatable bonds is 3. The van der Waals surface area contributed by atoms with Gasteiger partial charge < -0.3 is 5.11 Å². The molecule has 3 rings (SSSR count). The number of thiazole rings is 1. The second-order valence-electron chi connectivity index (χ2n) is 4.06. The van der Waals surface area contributed by atoms with Crippen LogP contribution >= 0.6 is 11.3 Å². The number of aromatic carboxylic acids is 1. The van der Waals surface area contributed by atoms with E-state index < -0.39 is 5.97 Å². The summed E-state index contributed by atoms with van der Waals surface area (Å²) in [4.78, 5) is 15.5. The van der Waals surface area contributed by atoms with Crippen LogP contribution in [0.5, 0.6) is 0 Å². The Kier molecular flexibility index (Phi) is 2.75. The summed E-state index contributed by atoms with van der Waals surface area (Å²) in [6, 6.07) is 4.82. The molecule has 6 nitrogen and oxygen atoms in total. The Morgan fingerprint density at radius 3 is 3.00 bits per heavy atom. The minimum atomic E-state index is -0.986. The zero-order chi connectivity index (χ0) is 13.4. The molecule has 0 spiro atoms. The van der Waals surface area contributed by atoms with Crippen molar-refractivity contribution in [3.05, 3.63) is 40.3 Å². The van der Waals surface area contributed by atoms with E-state index in [0.29, 0.717) is 11.0 Å². The number of carboxylic acids is 1. The van der Waals surface area contributed by atoms with Crippen molar-refractivity contribution >= 4 is 28.3 Å². The first-order valence-electron chi connectivity index (χ1n) is 5.65. The molecule has 0 bridgehead atoms. The van der Waals surface area contributed by atoms with Gasteiger partial charge in [0.25, 0.3) is 0 Å². The fraction of sp³-hybridized carbons (Fsp3) is 0.167. The first-order valence-corrected chi connectivity index (χ1v) is 6.53.